The number of carbonyl (C=O) groups excluding carboxylic acids is 3. The van der Waals surface area contributed by atoms with E-state index >= 15 is 0 Å². The second-order valence-electron chi connectivity index (χ2n) is 4.44. The van der Waals surface area contributed by atoms with Crippen LogP contribution < -0.4 is 5.32 Å². The van der Waals surface area contributed by atoms with E-state index in [-0.39, 0.29) is 12.3 Å². The topological polar surface area (TPSA) is 63.2 Å². The molecule has 1 N–H and O–H groups in total. The molecular weight excluding hydrogens is 230 g/mol. The van der Waals surface area contributed by atoms with Gasteiger partial charge in [-0.25, -0.2) is 0 Å². The van der Waals surface area contributed by atoms with E-state index in [9.17, 15) is 14.4 Å². The van der Waals surface area contributed by atoms with Crippen molar-refractivity contribution in [3.05, 3.63) is 12.2 Å². The number of amides is 1. The monoisotopic (exact) mass is 253 g/mol. The number of ketones is 2. The largest absolute Gasteiger partial charge is 0.342 e. The summed E-state index contributed by atoms with van der Waals surface area (Å²) < 4.78 is 0. The Morgan fingerprint density at radius 3 is 2.22 bits per heavy atom. The number of Topliss-reactive ketones (excluding diaryl/α,β-unsaturated/α-hetero) is 2. The van der Waals surface area contributed by atoms with Gasteiger partial charge in [-0.1, -0.05) is 39.7 Å². The summed E-state index contributed by atoms with van der Waals surface area (Å²) in [6.07, 6.45) is 3.51. The molecule has 1 unspecified atom stereocenters. The van der Waals surface area contributed by atoms with E-state index in [1.807, 2.05) is 0 Å². The number of nitrogens with one attached hydrogen (secondary N) is 1. The lowest BCUT2D eigenvalue weighted by molar-refractivity contribution is -0.138. The lowest BCUT2D eigenvalue weighted by atomic mass is 10.0. The van der Waals surface area contributed by atoms with Gasteiger partial charge in [0.1, 0.15) is 0 Å². The second kappa shape index (κ2) is 8.61. The number of hydrogen-bond acceptors (Lipinski definition) is 3. The number of hydrogen-bond donors (Lipinski definition) is 1. The van der Waals surface area contributed by atoms with Crippen LogP contribution in [-0.2, 0) is 14.4 Å². The van der Waals surface area contributed by atoms with Gasteiger partial charge in [-0.3, -0.25) is 14.4 Å². The van der Waals surface area contributed by atoms with Gasteiger partial charge in [0.05, 0.1) is 6.04 Å². The average molecular weight is 253 g/mol. The van der Waals surface area contributed by atoms with Gasteiger partial charge in [0, 0.05) is 12.0 Å². The van der Waals surface area contributed by atoms with Crippen molar-refractivity contribution in [1.82, 2.24) is 5.32 Å². The zero-order valence-electron chi connectivity index (χ0n) is 11.5. The van der Waals surface area contributed by atoms with Crippen molar-refractivity contribution < 1.29 is 14.4 Å². The van der Waals surface area contributed by atoms with Gasteiger partial charge in [-0.05, 0) is 13.3 Å². The van der Waals surface area contributed by atoms with E-state index in [4.69, 9.17) is 0 Å². The predicted octanol–water partition coefficient (Wildman–Crippen LogP) is 2.18. The van der Waals surface area contributed by atoms with Crippen molar-refractivity contribution in [2.75, 3.05) is 0 Å². The van der Waals surface area contributed by atoms with Crippen LogP contribution in [0.15, 0.2) is 12.2 Å². The summed E-state index contributed by atoms with van der Waals surface area (Å²) in [5.74, 6) is -1.30. The highest BCUT2D eigenvalue weighted by Gasteiger charge is 2.25. The zero-order valence-corrected chi connectivity index (χ0v) is 11.5. The fraction of sp³-hybridized carbons (Fsp3) is 0.643. The van der Waals surface area contributed by atoms with Crippen molar-refractivity contribution in [2.45, 2.75) is 58.9 Å². The standard InChI is InChI=1S/C14H23NO3/c1-5-7-8-9-11(13(17)12(16)6-2)15-14(18)10(3)4/h11H,3,5-9H2,1-2,4H3,(H,15,18). The lowest BCUT2D eigenvalue weighted by Gasteiger charge is -2.16. The van der Waals surface area contributed by atoms with E-state index in [0.29, 0.717) is 12.0 Å². The molecule has 4 nitrogen and oxygen atoms in total. The fourth-order valence-electron chi connectivity index (χ4n) is 1.52. The molecule has 0 rings (SSSR count). The highest BCUT2D eigenvalue weighted by Crippen LogP contribution is 2.07. The Hall–Kier alpha value is -1.45. The van der Waals surface area contributed by atoms with E-state index in [1.165, 1.54) is 0 Å². The number of unbranched alkanes of at least 4 members (excludes halogenated alkanes) is 2. The molecule has 0 fully saturated rings. The van der Waals surface area contributed by atoms with Crippen LogP contribution in [0.25, 0.3) is 0 Å². The van der Waals surface area contributed by atoms with Gasteiger partial charge < -0.3 is 5.32 Å². The summed E-state index contributed by atoms with van der Waals surface area (Å²) in [6, 6.07) is -0.701. The maximum atomic E-state index is 11.8. The van der Waals surface area contributed by atoms with E-state index in [0.717, 1.165) is 19.3 Å². The van der Waals surface area contributed by atoms with Crippen LogP contribution in [-0.4, -0.2) is 23.5 Å². The first-order valence-electron chi connectivity index (χ1n) is 6.47. The molecule has 0 aliphatic carbocycles. The van der Waals surface area contributed by atoms with Crippen LogP contribution in [0.4, 0.5) is 0 Å². The molecule has 0 aliphatic heterocycles. The van der Waals surface area contributed by atoms with Crippen molar-refractivity contribution in [3.63, 3.8) is 0 Å². The SMILES string of the molecule is C=C(C)C(=O)NC(CCCCC)C(=O)C(=O)CC. The Morgan fingerprint density at radius 2 is 1.78 bits per heavy atom. The van der Waals surface area contributed by atoms with Gasteiger partial charge in [-0.15, -0.1) is 0 Å². The normalized spacial score (nSPS) is 11.7. The molecular formula is C14H23NO3. The molecule has 0 bridgehead atoms. The maximum Gasteiger partial charge on any atom is 0.246 e. The molecule has 0 aromatic heterocycles. The Bertz CT molecular complexity index is 334. The first-order chi connectivity index (χ1) is 8.43. The molecule has 4 heteroatoms. The molecule has 1 amide bonds. The van der Waals surface area contributed by atoms with Crippen LogP contribution in [0.1, 0.15) is 52.9 Å². The molecule has 18 heavy (non-hydrogen) atoms. The fourth-order valence-corrected chi connectivity index (χ4v) is 1.52. The lowest BCUT2D eigenvalue weighted by Crippen LogP contribution is -2.44. The summed E-state index contributed by atoms with van der Waals surface area (Å²) in [6.45, 7) is 8.79. The van der Waals surface area contributed by atoms with Crippen molar-refractivity contribution in [3.8, 4) is 0 Å². The molecule has 0 aliphatic rings. The molecule has 0 saturated heterocycles. The van der Waals surface area contributed by atoms with Gasteiger partial charge in [0.2, 0.25) is 11.7 Å². The van der Waals surface area contributed by atoms with Crippen LogP contribution in [0.5, 0.6) is 0 Å². The summed E-state index contributed by atoms with van der Waals surface area (Å²) in [5, 5.41) is 2.58. The summed E-state index contributed by atoms with van der Waals surface area (Å²) in [5.41, 5.74) is 0.340. The van der Waals surface area contributed by atoms with Crippen molar-refractivity contribution in [1.29, 1.82) is 0 Å². The number of rotatable bonds is 9. The van der Waals surface area contributed by atoms with Crippen molar-refractivity contribution >= 4 is 17.5 Å². The summed E-state index contributed by atoms with van der Waals surface area (Å²) >= 11 is 0. The van der Waals surface area contributed by atoms with Crippen LogP contribution >= 0.6 is 0 Å². The molecule has 0 aromatic carbocycles. The highest BCUT2D eigenvalue weighted by molar-refractivity contribution is 6.39. The third-order valence-corrected chi connectivity index (χ3v) is 2.70. The minimum Gasteiger partial charge on any atom is -0.342 e. The van der Waals surface area contributed by atoms with Crippen molar-refractivity contribution in [2.24, 2.45) is 0 Å². The van der Waals surface area contributed by atoms with Gasteiger partial charge in [0.25, 0.3) is 0 Å². The van der Waals surface area contributed by atoms with Crippen LogP contribution in [0, 0.1) is 0 Å². The number of carbonyl (C=O) groups is 3. The maximum absolute atomic E-state index is 11.8. The van der Waals surface area contributed by atoms with Crippen LogP contribution in [0.3, 0.4) is 0 Å². The quantitative estimate of drug-likeness (QED) is 0.389. The molecule has 0 heterocycles. The second-order valence-corrected chi connectivity index (χ2v) is 4.44. The van der Waals surface area contributed by atoms with E-state index in [2.05, 4.69) is 18.8 Å². The third-order valence-electron chi connectivity index (χ3n) is 2.70. The minimum atomic E-state index is -0.701. The highest BCUT2D eigenvalue weighted by atomic mass is 16.2. The van der Waals surface area contributed by atoms with E-state index in [1.54, 1.807) is 13.8 Å². The third kappa shape index (κ3) is 5.75. The minimum absolute atomic E-state index is 0.173. The molecule has 0 saturated carbocycles. The summed E-state index contributed by atoms with van der Waals surface area (Å²) in [7, 11) is 0. The summed E-state index contributed by atoms with van der Waals surface area (Å²) in [4.78, 5) is 34.8. The van der Waals surface area contributed by atoms with E-state index < -0.39 is 17.6 Å². The van der Waals surface area contributed by atoms with Gasteiger partial charge in [-0.2, -0.15) is 0 Å². The van der Waals surface area contributed by atoms with Crippen LogP contribution in [0.2, 0.25) is 0 Å². The molecule has 0 aromatic rings. The Balaban J connectivity index is 4.60. The molecule has 102 valence electrons. The Kier molecular flexibility index (Phi) is 7.92. The first-order valence-corrected chi connectivity index (χ1v) is 6.47. The average Bonchev–Trinajstić information content (AvgIpc) is 2.35. The molecule has 0 spiro atoms. The molecule has 1 atom stereocenters. The Morgan fingerprint density at radius 1 is 1.17 bits per heavy atom. The van der Waals surface area contributed by atoms with Gasteiger partial charge in [0.15, 0.2) is 5.78 Å². The first kappa shape index (κ1) is 16.6. The smallest absolute Gasteiger partial charge is 0.246 e. The Labute approximate surface area is 109 Å². The predicted molar refractivity (Wildman–Crippen MR) is 71.2 cm³/mol. The zero-order chi connectivity index (χ0) is 14.1. The van der Waals surface area contributed by atoms with Gasteiger partial charge >= 0.3 is 0 Å². The molecule has 0 radical (unpaired) electrons.